The molecular weight excluding hydrogens is 104 g/mol. The number of carbonyl (C=O) groups excluding carboxylic acids is 1. The van der Waals surface area contributed by atoms with Crippen molar-refractivity contribution in [3.8, 4) is 0 Å². The van der Waals surface area contributed by atoms with Gasteiger partial charge in [0.05, 0.1) is 0 Å². The first-order valence-corrected chi connectivity index (χ1v) is 2.74. The Kier molecular flexibility index (Phi) is 2.52. The van der Waals surface area contributed by atoms with Gasteiger partial charge in [-0.25, -0.2) is 0 Å². The first-order chi connectivity index (χ1) is 3.62. The van der Waals surface area contributed by atoms with E-state index in [0.717, 1.165) is 6.42 Å². The number of hydrogen-bond acceptors (Lipinski definition) is 2. The van der Waals surface area contributed by atoms with Crippen LogP contribution in [0.4, 0.5) is 0 Å². The molecule has 0 saturated carbocycles. The van der Waals surface area contributed by atoms with Crippen LogP contribution in [-0.2, 0) is 9.53 Å². The molecule has 0 unspecified atom stereocenters. The average Bonchev–Trinajstić information content (AvgIpc) is 1.67. The standard InChI is InChI=1S/C6H12O2/c1-4-6(2,3)8-5-7/h5H,4H2,1-3H3. The van der Waals surface area contributed by atoms with Gasteiger partial charge in [0.15, 0.2) is 0 Å². The van der Waals surface area contributed by atoms with Crippen molar-refractivity contribution in [2.24, 2.45) is 0 Å². The Bertz CT molecular complexity index is 76.6. The molecule has 0 atom stereocenters. The van der Waals surface area contributed by atoms with Gasteiger partial charge in [-0.1, -0.05) is 6.92 Å². The summed E-state index contributed by atoms with van der Waals surface area (Å²) in [5, 5.41) is 0. The Balaban J connectivity index is 3.53. The van der Waals surface area contributed by atoms with Crippen LogP contribution >= 0.6 is 0 Å². The molecule has 0 aliphatic carbocycles. The second-order valence-electron chi connectivity index (χ2n) is 2.33. The molecule has 2 heteroatoms. The Hall–Kier alpha value is -0.530. The molecule has 0 aliphatic rings. The molecule has 0 aromatic heterocycles. The Morgan fingerprint density at radius 2 is 2.12 bits per heavy atom. The Labute approximate surface area is 49.8 Å². The predicted molar refractivity (Wildman–Crippen MR) is 31.5 cm³/mol. The molecule has 2 nitrogen and oxygen atoms in total. The highest BCUT2D eigenvalue weighted by atomic mass is 16.5. The topological polar surface area (TPSA) is 26.3 Å². The normalized spacial score (nSPS) is 10.9. The molecule has 0 aliphatic heterocycles. The second kappa shape index (κ2) is 2.70. The largest absolute Gasteiger partial charge is 0.462 e. The molecule has 0 radical (unpaired) electrons. The van der Waals surface area contributed by atoms with Crippen molar-refractivity contribution >= 4 is 6.47 Å². The smallest absolute Gasteiger partial charge is 0.293 e. The lowest BCUT2D eigenvalue weighted by Crippen LogP contribution is -2.21. The van der Waals surface area contributed by atoms with Crippen LogP contribution in [0.1, 0.15) is 27.2 Å². The highest BCUT2D eigenvalue weighted by Gasteiger charge is 2.13. The molecule has 8 heavy (non-hydrogen) atoms. The average molecular weight is 116 g/mol. The summed E-state index contributed by atoms with van der Waals surface area (Å²) in [6, 6.07) is 0. The third-order valence-electron chi connectivity index (χ3n) is 1.22. The molecule has 0 N–H and O–H groups in total. The lowest BCUT2D eigenvalue weighted by Gasteiger charge is -2.19. The van der Waals surface area contributed by atoms with E-state index in [1.165, 1.54) is 0 Å². The fraction of sp³-hybridized carbons (Fsp3) is 0.833. The van der Waals surface area contributed by atoms with Crippen LogP contribution in [0.2, 0.25) is 0 Å². The van der Waals surface area contributed by atoms with Gasteiger partial charge in [0, 0.05) is 0 Å². The summed E-state index contributed by atoms with van der Waals surface area (Å²) in [5.74, 6) is 0. The summed E-state index contributed by atoms with van der Waals surface area (Å²) in [6.45, 7) is 6.22. The van der Waals surface area contributed by atoms with Crippen molar-refractivity contribution in [2.45, 2.75) is 32.8 Å². The van der Waals surface area contributed by atoms with Crippen molar-refractivity contribution in [3.05, 3.63) is 0 Å². The molecule has 0 spiro atoms. The van der Waals surface area contributed by atoms with Crippen LogP contribution in [0.15, 0.2) is 0 Å². The fourth-order valence-electron chi connectivity index (χ4n) is 0.214. The van der Waals surface area contributed by atoms with E-state index in [9.17, 15) is 4.79 Å². The van der Waals surface area contributed by atoms with Crippen LogP contribution < -0.4 is 0 Å². The summed E-state index contributed by atoms with van der Waals surface area (Å²) < 4.78 is 4.70. The summed E-state index contributed by atoms with van der Waals surface area (Å²) in [7, 11) is 0. The maximum atomic E-state index is 9.76. The molecule has 48 valence electrons. The highest BCUT2D eigenvalue weighted by Crippen LogP contribution is 2.10. The van der Waals surface area contributed by atoms with Gasteiger partial charge >= 0.3 is 0 Å². The number of rotatable bonds is 3. The maximum Gasteiger partial charge on any atom is 0.293 e. The SMILES string of the molecule is CCC(C)(C)OC=O. The minimum atomic E-state index is -0.276. The molecule has 0 heterocycles. The van der Waals surface area contributed by atoms with E-state index >= 15 is 0 Å². The van der Waals surface area contributed by atoms with Gasteiger partial charge in [0.1, 0.15) is 5.60 Å². The van der Waals surface area contributed by atoms with Crippen molar-refractivity contribution in [3.63, 3.8) is 0 Å². The van der Waals surface area contributed by atoms with Gasteiger partial charge < -0.3 is 4.74 Å². The maximum absolute atomic E-state index is 9.76. The molecule has 0 aromatic rings. The van der Waals surface area contributed by atoms with Crippen LogP contribution in [0, 0.1) is 0 Å². The van der Waals surface area contributed by atoms with Crippen LogP contribution in [-0.4, -0.2) is 12.1 Å². The molecule has 0 saturated heterocycles. The van der Waals surface area contributed by atoms with E-state index in [2.05, 4.69) is 0 Å². The monoisotopic (exact) mass is 116 g/mol. The highest BCUT2D eigenvalue weighted by molar-refractivity contribution is 5.38. The predicted octanol–water partition coefficient (Wildman–Crippen LogP) is 1.35. The van der Waals surface area contributed by atoms with Gasteiger partial charge in [0.2, 0.25) is 0 Å². The van der Waals surface area contributed by atoms with E-state index in [1.54, 1.807) is 0 Å². The van der Waals surface area contributed by atoms with Crippen molar-refractivity contribution < 1.29 is 9.53 Å². The van der Waals surface area contributed by atoms with Gasteiger partial charge in [-0.2, -0.15) is 0 Å². The molecule has 0 fully saturated rings. The summed E-state index contributed by atoms with van der Waals surface area (Å²) in [4.78, 5) is 9.76. The zero-order valence-corrected chi connectivity index (χ0v) is 5.60. The minimum absolute atomic E-state index is 0.276. The van der Waals surface area contributed by atoms with Crippen LogP contribution in [0.3, 0.4) is 0 Å². The molecule has 0 aromatic carbocycles. The minimum Gasteiger partial charge on any atom is -0.462 e. The summed E-state index contributed by atoms with van der Waals surface area (Å²) >= 11 is 0. The number of ether oxygens (including phenoxy) is 1. The van der Waals surface area contributed by atoms with Crippen molar-refractivity contribution in [2.75, 3.05) is 0 Å². The molecule has 0 rings (SSSR count). The summed E-state index contributed by atoms with van der Waals surface area (Å²) in [5.41, 5.74) is -0.276. The van der Waals surface area contributed by atoms with Crippen molar-refractivity contribution in [1.29, 1.82) is 0 Å². The number of carbonyl (C=O) groups is 1. The molecule has 0 amide bonds. The lowest BCUT2D eigenvalue weighted by molar-refractivity contribution is -0.140. The zero-order valence-electron chi connectivity index (χ0n) is 5.60. The van der Waals surface area contributed by atoms with E-state index in [1.807, 2.05) is 20.8 Å². The Morgan fingerprint density at radius 3 is 2.25 bits per heavy atom. The van der Waals surface area contributed by atoms with E-state index in [-0.39, 0.29) is 5.60 Å². The second-order valence-corrected chi connectivity index (χ2v) is 2.33. The Morgan fingerprint density at radius 1 is 1.62 bits per heavy atom. The van der Waals surface area contributed by atoms with Gasteiger partial charge in [-0.15, -0.1) is 0 Å². The fourth-order valence-corrected chi connectivity index (χ4v) is 0.214. The number of hydrogen-bond donors (Lipinski definition) is 0. The molecule has 0 bridgehead atoms. The third kappa shape index (κ3) is 2.61. The van der Waals surface area contributed by atoms with E-state index in [0.29, 0.717) is 6.47 Å². The van der Waals surface area contributed by atoms with Gasteiger partial charge in [0.25, 0.3) is 6.47 Å². The van der Waals surface area contributed by atoms with Gasteiger partial charge in [-0.3, -0.25) is 4.79 Å². The van der Waals surface area contributed by atoms with Crippen LogP contribution in [0.25, 0.3) is 0 Å². The van der Waals surface area contributed by atoms with E-state index < -0.39 is 0 Å². The van der Waals surface area contributed by atoms with Crippen molar-refractivity contribution in [1.82, 2.24) is 0 Å². The van der Waals surface area contributed by atoms with Crippen LogP contribution in [0.5, 0.6) is 0 Å². The first kappa shape index (κ1) is 7.47. The first-order valence-electron chi connectivity index (χ1n) is 2.74. The molecular formula is C6H12O2. The lowest BCUT2D eigenvalue weighted by atomic mass is 10.1. The quantitative estimate of drug-likeness (QED) is 0.520. The van der Waals surface area contributed by atoms with Gasteiger partial charge in [-0.05, 0) is 20.3 Å². The zero-order chi connectivity index (χ0) is 6.62. The third-order valence-corrected chi connectivity index (χ3v) is 1.22. The van der Waals surface area contributed by atoms with E-state index in [4.69, 9.17) is 4.74 Å². The summed E-state index contributed by atoms with van der Waals surface area (Å²) in [6.07, 6.45) is 0.853.